The molecule has 0 radical (unpaired) electrons. The van der Waals surface area contributed by atoms with Gasteiger partial charge >= 0.3 is 0 Å². The van der Waals surface area contributed by atoms with Crippen LogP contribution in [0.4, 0.5) is 11.4 Å². The van der Waals surface area contributed by atoms with E-state index in [1.807, 2.05) is 33.8 Å². The lowest BCUT2D eigenvalue weighted by Gasteiger charge is -2.24. The third kappa shape index (κ3) is 5.82. The van der Waals surface area contributed by atoms with Gasteiger partial charge in [0.2, 0.25) is 15.9 Å². The van der Waals surface area contributed by atoms with Crippen molar-refractivity contribution in [2.45, 2.75) is 40.2 Å². The van der Waals surface area contributed by atoms with Crippen molar-refractivity contribution in [2.75, 3.05) is 22.4 Å². The third-order valence-electron chi connectivity index (χ3n) is 4.97. The van der Waals surface area contributed by atoms with Crippen LogP contribution in [0.25, 0.3) is 0 Å². The fourth-order valence-electron chi connectivity index (χ4n) is 2.90. The highest BCUT2D eigenvalue weighted by atomic mass is 32.2. The Morgan fingerprint density at radius 2 is 1.73 bits per heavy atom. The molecule has 2 rings (SSSR count). The molecule has 0 heterocycles. The standard InChI is InChI=1S/C22H29N3O4S/c1-6-16(3)23-22(27)18-11-7-8-12-19(18)24-21(26)14-25(30(5,28)29)20-13-9-10-15(2)17(20)4/h7-13,16H,6,14H2,1-5H3,(H,23,27)(H,24,26)/t16-/m0/s1. The molecule has 0 aliphatic carbocycles. The second kappa shape index (κ2) is 9.75. The average Bonchev–Trinajstić information content (AvgIpc) is 2.68. The highest BCUT2D eigenvalue weighted by molar-refractivity contribution is 7.92. The zero-order valence-electron chi connectivity index (χ0n) is 18.0. The summed E-state index contributed by atoms with van der Waals surface area (Å²) in [6, 6.07) is 11.9. The zero-order chi connectivity index (χ0) is 22.5. The molecule has 0 aliphatic rings. The predicted octanol–water partition coefficient (Wildman–Crippen LogP) is 3.24. The van der Waals surface area contributed by atoms with Crippen molar-refractivity contribution in [3.05, 3.63) is 59.2 Å². The molecular formula is C22H29N3O4S. The second-order valence-electron chi connectivity index (χ2n) is 7.37. The van der Waals surface area contributed by atoms with E-state index in [1.54, 1.807) is 36.4 Å². The maximum Gasteiger partial charge on any atom is 0.253 e. The Kier molecular flexibility index (Phi) is 7.61. The predicted molar refractivity (Wildman–Crippen MR) is 120 cm³/mol. The first-order valence-electron chi connectivity index (χ1n) is 9.78. The van der Waals surface area contributed by atoms with Crippen molar-refractivity contribution in [3.8, 4) is 0 Å². The molecule has 7 nitrogen and oxygen atoms in total. The number of carbonyl (C=O) groups is 2. The SMILES string of the molecule is CC[C@H](C)NC(=O)c1ccccc1NC(=O)CN(c1cccc(C)c1C)S(C)(=O)=O. The normalized spacial score (nSPS) is 12.2. The molecule has 2 N–H and O–H groups in total. The minimum Gasteiger partial charge on any atom is -0.350 e. The maximum atomic E-state index is 12.7. The monoisotopic (exact) mass is 431 g/mol. The van der Waals surface area contributed by atoms with E-state index >= 15 is 0 Å². The lowest BCUT2D eigenvalue weighted by molar-refractivity contribution is -0.114. The largest absolute Gasteiger partial charge is 0.350 e. The molecule has 2 amide bonds. The van der Waals surface area contributed by atoms with E-state index in [-0.39, 0.29) is 11.9 Å². The molecule has 2 aromatic rings. The van der Waals surface area contributed by atoms with Crippen LogP contribution in [0.1, 0.15) is 41.8 Å². The van der Waals surface area contributed by atoms with E-state index in [0.717, 1.165) is 28.1 Å². The van der Waals surface area contributed by atoms with Crippen LogP contribution in [-0.4, -0.2) is 39.1 Å². The van der Waals surface area contributed by atoms with E-state index in [0.29, 0.717) is 16.9 Å². The van der Waals surface area contributed by atoms with Gasteiger partial charge in [-0.1, -0.05) is 31.2 Å². The number of sulfonamides is 1. The number of aryl methyl sites for hydroxylation is 1. The van der Waals surface area contributed by atoms with Gasteiger partial charge in [0.05, 0.1) is 23.2 Å². The first kappa shape index (κ1) is 23.4. The van der Waals surface area contributed by atoms with Crippen LogP contribution < -0.4 is 14.9 Å². The number of rotatable bonds is 8. The van der Waals surface area contributed by atoms with Crippen molar-refractivity contribution in [2.24, 2.45) is 0 Å². The van der Waals surface area contributed by atoms with Crippen molar-refractivity contribution < 1.29 is 18.0 Å². The Balaban J connectivity index is 2.27. The Labute approximate surface area is 178 Å². The number of benzene rings is 2. The summed E-state index contributed by atoms with van der Waals surface area (Å²) in [5.74, 6) is -0.833. The number of anilines is 2. The summed E-state index contributed by atoms with van der Waals surface area (Å²) in [4.78, 5) is 25.3. The first-order valence-corrected chi connectivity index (χ1v) is 11.6. The Morgan fingerprint density at radius 3 is 2.37 bits per heavy atom. The second-order valence-corrected chi connectivity index (χ2v) is 9.27. The number of carbonyl (C=O) groups excluding carboxylic acids is 2. The number of hydrogen-bond donors (Lipinski definition) is 2. The fourth-order valence-corrected chi connectivity index (χ4v) is 3.81. The third-order valence-corrected chi connectivity index (χ3v) is 6.09. The molecule has 0 saturated heterocycles. The molecule has 0 fully saturated rings. The number of nitrogens with one attached hydrogen (secondary N) is 2. The lowest BCUT2D eigenvalue weighted by atomic mass is 10.1. The summed E-state index contributed by atoms with van der Waals surface area (Å²) in [6.07, 6.45) is 1.84. The highest BCUT2D eigenvalue weighted by Gasteiger charge is 2.23. The Bertz CT molecular complexity index is 1030. The van der Waals surface area contributed by atoms with Gasteiger partial charge < -0.3 is 10.6 Å². The molecule has 162 valence electrons. The number of amides is 2. The quantitative estimate of drug-likeness (QED) is 0.671. The van der Waals surface area contributed by atoms with Gasteiger partial charge in [0.1, 0.15) is 6.54 Å². The minimum absolute atomic E-state index is 0.00807. The fraction of sp³-hybridized carbons (Fsp3) is 0.364. The van der Waals surface area contributed by atoms with Crippen LogP contribution in [0.5, 0.6) is 0 Å². The smallest absolute Gasteiger partial charge is 0.253 e. The van der Waals surface area contributed by atoms with E-state index < -0.39 is 22.5 Å². The topological polar surface area (TPSA) is 95.6 Å². The van der Waals surface area contributed by atoms with Gasteiger partial charge in [-0.15, -0.1) is 0 Å². The molecule has 0 saturated carbocycles. The van der Waals surface area contributed by atoms with Gasteiger partial charge in [-0.05, 0) is 56.5 Å². The maximum absolute atomic E-state index is 12.7. The van der Waals surface area contributed by atoms with Crippen LogP contribution in [0.15, 0.2) is 42.5 Å². The van der Waals surface area contributed by atoms with Crippen molar-refractivity contribution in [3.63, 3.8) is 0 Å². The molecule has 0 unspecified atom stereocenters. The van der Waals surface area contributed by atoms with Crippen LogP contribution in [0.2, 0.25) is 0 Å². The molecular weight excluding hydrogens is 402 g/mol. The summed E-state index contributed by atoms with van der Waals surface area (Å²) in [7, 11) is -3.70. The van der Waals surface area contributed by atoms with Gasteiger partial charge in [-0.2, -0.15) is 0 Å². The molecule has 0 spiro atoms. The summed E-state index contributed by atoms with van der Waals surface area (Å²) in [5, 5.41) is 5.55. The average molecular weight is 432 g/mol. The van der Waals surface area contributed by atoms with Crippen molar-refractivity contribution >= 4 is 33.2 Å². The van der Waals surface area contributed by atoms with Crippen LogP contribution in [0, 0.1) is 13.8 Å². The molecule has 8 heteroatoms. The van der Waals surface area contributed by atoms with Crippen LogP contribution in [-0.2, 0) is 14.8 Å². The molecule has 2 aromatic carbocycles. The zero-order valence-corrected chi connectivity index (χ0v) is 18.8. The number of nitrogens with zero attached hydrogens (tertiary/aromatic N) is 1. The van der Waals surface area contributed by atoms with E-state index in [2.05, 4.69) is 10.6 Å². The minimum atomic E-state index is -3.70. The lowest BCUT2D eigenvalue weighted by Crippen LogP contribution is -2.38. The molecule has 0 aliphatic heterocycles. The van der Waals surface area contributed by atoms with Gasteiger partial charge in [-0.25, -0.2) is 8.42 Å². The number of hydrogen-bond acceptors (Lipinski definition) is 4. The van der Waals surface area contributed by atoms with Crippen LogP contribution in [0.3, 0.4) is 0 Å². The summed E-state index contributed by atoms with van der Waals surface area (Å²) >= 11 is 0. The van der Waals surface area contributed by atoms with Crippen molar-refractivity contribution in [1.82, 2.24) is 5.32 Å². The Morgan fingerprint density at radius 1 is 1.07 bits per heavy atom. The molecule has 30 heavy (non-hydrogen) atoms. The first-order chi connectivity index (χ1) is 14.0. The van der Waals surface area contributed by atoms with Gasteiger partial charge in [0, 0.05) is 6.04 Å². The van der Waals surface area contributed by atoms with Gasteiger partial charge in [0.25, 0.3) is 5.91 Å². The van der Waals surface area contributed by atoms with E-state index in [1.165, 1.54) is 0 Å². The van der Waals surface area contributed by atoms with Gasteiger partial charge in [0.15, 0.2) is 0 Å². The Hall–Kier alpha value is -2.87. The number of para-hydroxylation sites is 1. The highest BCUT2D eigenvalue weighted by Crippen LogP contribution is 2.25. The molecule has 0 bridgehead atoms. The van der Waals surface area contributed by atoms with E-state index in [9.17, 15) is 18.0 Å². The summed E-state index contributed by atoms with van der Waals surface area (Å²) < 4.78 is 25.9. The van der Waals surface area contributed by atoms with Crippen molar-refractivity contribution in [1.29, 1.82) is 0 Å². The van der Waals surface area contributed by atoms with E-state index in [4.69, 9.17) is 0 Å². The summed E-state index contributed by atoms with van der Waals surface area (Å²) in [6.45, 7) is 7.16. The summed E-state index contributed by atoms with van der Waals surface area (Å²) in [5.41, 5.74) is 2.81. The van der Waals surface area contributed by atoms with Crippen LogP contribution >= 0.6 is 0 Å². The van der Waals surface area contributed by atoms with Gasteiger partial charge in [-0.3, -0.25) is 13.9 Å². The molecule has 1 atom stereocenters. The molecule has 0 aromatic heterocycles.